The molecule has 126 valence electrons. The largest absolute Gasteiger partial charge is 0.289 e. The number of hydrogen-bond donors (Lipinski definition) is 2. The highest BCUT2D eigenvalue weighted by Gasteiger charge is 2.13. The van der Waals surface area contributed by atoms with Crippen LogP contribution in [-0.4, -0.2) is 26.8 Å². The Morgan fingerprint density at radius 3 is 2.64 bits per heavy atom. The lowest BCUT2D eigenvalue weighted by molar-refractivity contribution is 0.0950. The van der Waals surface area contributed by atoms with Crippen molar-refractivity contribution in [2.45, 2.75) is 6.92 Å². The fourth-order valence-corrected chi connectivity index (χ4v) is 2.63. The second-order valence-corrected chi connectivity index (χ2v) is 6.01. The molecule has 1 amide bonds. The van der Waals surface area contributed by atoms with Gasteiger partial charge in [0.1, 0.15) is 5.69 Å². The highest BCUT2D eigenvalue weighted by atomic mass is 35.5. The summed E-state index contributed by atoms with van der Waals surface area (Å²) in [5.41, 5.74) is 5.51. The second-order valence-electron chi connectivity index (χ2n) is 5.17. The number of H-pyrrole nitrogens is 1. The number of aromatic nitrogens is 3. The van der Waals surface area contributed by atoms with E-state index in [-0.39, 0.29) is 5.69 Å². The molecule has 0 atom stereocenters. The minimum atomic E-state index is -0.405. The van der Waals surface area contributed by atoms with Gasteiger partial charge in [0, 0.05) is 28.5 Å². The zero-order chi connectivity index (χ0) is 17.8. The number of pyridine rings is 1. The molecule has 0 spiro atoms. The monoisotopic (exact) mass is 373 g/mol. The molecule has 0 aliphatic carbocycles. The molecule has 1 aromatic carbocycles. The van der Waals surface area contributed by atoms with Gasteiger partial charge in [0.15, 0.2) is 0 Å². The Morgan fingerprint density at radius 1 is 1.16 bits per heavy atom. The molecule has 3 rings (SSSR count). The normalized spacial score (nSPS) is 11.4. The first-order valence-corrected chi connectivity index (χ1v) is 8.06. The Balaban J connectivity index is 1.75. The van der Waals surface area contributed by atoms with Crippen molar-refractivity contribution in [1.29, 1.82) is 0 Å². The third-order valence-corrected chi connectivity index (χ3v) is 4.00. The van der Waals surface area contributed by atoms with Crippen LogP contribution in [0.15, 0.2) is 53.9 Å². The molecule has 0 aliphatic heterocycles. The molecule has 0 saturated heterocycles. The van der Waals surface area contributed by atoms with Gasteiger partial charge in [-0.25, -0.2) is 5.43 Å². The van der Waals surface area contributed by atoms with Crippen molar-refractivity contribution in [3.8, 4) is 11.3 Å². The van der Waals surface area contributed by atoms with E-state index in [9.17, 15) is 4.79 Å². The molecule has 6 nitrogen and oxygen atoms in total. The average molecular weight is 374 g/mol. The number of hydrogen-bond acceptors (Lipinski definition) is 4. The lowest BCUT2D eigenvalue weighted by atomic mass is 10.1. The van der Waals surface area contributed by atoms with Crippen molar-refractivity contribution < 1.29 is 4.79 Å². The molecular weight excluding hydrogens is 361 g/mol. The maximum absolute atomic E-state index is 12.2. The number of hydrazone groups is 1. The van der Waals surface area contributed by atoms with E-state index in [1.165, 1.54) is 0 Å². The van der Waals surface area contributed by atoms with Gasteiger partial charge in [-0.1, -0.05) is 23.2 Å². The number of carbonyl (C=O) groups excluding carboxylic acids is 1. The Labute approximate surface area is 153 Å². The number of amides is 1. The summed E-state index contributed by atoms with van der Waals surface area (Å²) in [7, 11) is 0. The summed E-state index contributed by atoms with van der Waals surface area (Å²) in [5.74, 6) is -0.405. The second kappa shape index (κ2) is 7.46. The van der Waals surface area contributed by atoms with Crippen molar-refractivity contribution in [1.82, 2.24) is 20.6 Å². The third kappa shape index (κ3) is 4.04. The maximum Gasteiger partial charge on any atom is 0.289 e. The summed E-state index contributed by atoms with van der Waals surface area (Å²) < 4.78 is 0. The molecular formula is C17H13Cl2N5O. The quantitative estimate of drug-likeness (QED) is 0.536. The van der Waals surface area contributed by atoms with E-state index in [0.29, 0.717) is 27.0 Å². The Hall–Kier alpha value is -2.70. The van der Waals surface area contributed by atoms with Gasteiger partial charge >= 0.3 is 0 Å². The fraction of sp³-hybridized carbons (Fsp3) is 0.0588. The van der Waals surface area contributed by atoms with Crippen LogP contribution in [0.3, 0.4) is 0 Å². The number of aromatic amines is 1. The van der Waals surface area contributed by atoms with Crippen LogP contribution in [0.4, 0.5) is 0 Å². The summed E-state index contributed by atoms with van der Waals surface area (Å²) >= 11 is 12.0. The lowest BCUT2D eigenvalue weighted by Crippen LogP contribution is -2.19. The highest BCUT2D eigenvalue weighted by Crippen LogP contribution is 2.29. The molecule has 25 heavy (non-hydrogen) atoms. The van der Waals surface area contributed by atoms with Gasteiger partial charge < -0.3 is 0 Å². The van der Waals surface area contributed by atoms with Crippen LogP contribution in [0.25, 0.3) is 11.3 Å². The van der Waals surface area contributed by atoms with Gasteiger partial charge in [0.05, 0.1) is 16.4 Å². The molecule has 0 bridgehead atoms. The highest BCUT2D eigenvalue weighted by molar-refractivity contribution is 6.36. The first kappa shape index (κ1) is 17.1. The zero-order valence-corrected chi connectivity index (χ0v) is 14.6. The summed E-state index contributed by atoms with van der Waals surface area (Å²) in [6.45, 7) is 1.79. The van der Waals surface area contributed by atoms with Gasteiger partial charge in [0.25, 0.3) is 5.91 Å². The molecule has 2 aromatic heterocycles. The topological polar surface area (TPSA) is 83.0 Å². The van der Waals surface area contributed by atoms with Crippen molar-refractivity contribution in [3.63, 3.8) is 0 Å². The first-order valence-electron chi connectivity index (χ1n) is 7.30. The number of rotatable bonds is 4. The van der Waals surface area contributed by atoms with Crippen LogP contribution in [0, 0.1) is 0 Å². The third-order valence-electron chi connectivity index (χ3n) is 3.45. The number of nitrogens with zero attached hydrogens (tertiary/aromatic N) is 3. The Morgan fingerprint density at radius 2 is 1.92 bits per heavy atom. The smallest absolute Gasteiger partial charge is 0.272 e. The van der Waals surface area contributed by atoms with Crippen molar-refractivity contribution in [2.75, 3.05) is 0 Å². The van der Waals surface area contributed by atoms with Gasteiger partial charge in [0.2, 0.25) is 0 Å². The summed E-state index contributed by atoms with van der Waals surface area (Å²) in [4.78, 5) is 16.1. The van der Waals surface area contributed by atoms with Crippen LogP contribution in [-0.2, 0) is 0 Å². The molecule has 3 aromatic rings. The predicted molar refractivity (Wildman–Crippen MR) is 98.0 cm³/mol. The van der Waals surface area contributed by atoms with Crippen molar-refractivity contribution in [3.05, 3.63) is 70.1 Å². The van der Waals surface area contributed by atoms with Crippen LogP contribution < -0.4 is 5.43 Å². The van der Waals surface area contributed by atoms with E-state index in [4.69, 9.17) is 23.2 Å². The van der Waals surface area contributed by atoms with E-state index >= 15 is 0 Å². The molecule has 2 heterocycles. The molecule has 8 heteroatoms. The fourth-order valence-electron chi connectivity index (χ4n) is 2.13. The average Bonchev–Trinajstić information content (AvgIpc) is 3.10. The summed E-state index contributed by atoms with van der Waals surface area (Å²) in [6.07, 6.45) is 3.32. The summed E-state index contributed by atoms with van der Waals surface area (Å²) in [6, 6.07) is 10.3. The SMILES string of the molecule is C/C(=N\NC(=O)c1cc(-c2ccc(Cl)cc2Cl)n[nH]1)c1ccncc1. The van der Waals surface area contributed by atoms with E-state index in [1.54, 1.807) is 43.6 Å². The molecule has 2 N–H and O–H groups in total. The summed E-state index contributed by atoms with van der Waals surface area (Å²) in [5, 5.41) is 11.9. The van der Waals surface area contributed by atoms with Crippen LogP contribution in [0.2, 0.25) is 10.0 Å². The minimum Gasteiger partial charge on any atom is -0.272 e. The number of benzene rings is 1. The molecule has 0 saturated carbocycles. The molecule has 0 aliphatic rings. The number of nitrogens with one attached hydrogen (secondary N) is 2. The van der Waals surface area contributed by atoms with E-state index < -0.39 is 5.91 Å². The van der Waals surface area contributed by atoms with Crippen molar-refractivity contribution >= 4 is 34.8 Å². The molecule has 0 radical (unpaired) electrons. The van der Waals surface area contributed by atoms with Crippen molar-refractivity contribution in [2.24, 2.45) is 5.10 Å². The van der Waals surface area contributed by atoms with Crippen LogP contribution in [0.1, 0.15) is 23.0 Å². The van der Waals surface area contributed by atoms with Gasteiger partial charge in [-0.15, -0.1) is 0 Å². The predicted octanol–water partition coefficient (Wildman–Crippen LogP) is 3.93. The molecule has 0 unspecified atom stereocenters. The first-order chi connectivity index (χ1) is 12.0. The lowest BCUT2D eigenvalue weighted by Gasteiger charge is -2.01. The Kier molecular flexibility index (Phi) is 5.11. The number of carbonyl (C=O) groups is 1. The van der Waals surface area contributed by atoms with Gasteiger partial charge in [-0.3, -0.25) is 14.9 Å². The zero-order valence-electron chi connectivity index (χ0n) is 13.1. The van der Waals surface area contributed by atoms with Gasteiger partial charge in [-0.05, 0) is 43.3 Å². The molecule has 0 fully saturated rings. The van der Waals surface area contributed by atoms with Crippen LogP contribution >= 0.6 is 23.2 Å². The maximum atomic E-state index is 12.2. The van der Waals surface area contributed by atoms with E-state index in [1.807, 2.05) is 12.1 Å². The van der Waals surface area contributed by atoms with E-state index in [2.05, 4.69) is 25.7 Å². The van der Waals surface area contributed by atoms with E-state index in [0.717, 1.165) is 5.56 Å². The standard InChI is InChI=1S/C17H13Cl2N5O/c1-10(11-4-6-20-7-5-11)21-24-17(25)16-9-15(22-23-16)13-3-2-12(18)8-14(13)19/h2-9H,1H3,(H,22,23)(H,24,25)/b21-10+. The number of halogens is 2. The minimum absolute atomic E-state index is 0.271. The van der Waals surface area contributed by atoms with Crippen LogP contribution in [0.5, 0.6) is 0 Å². The Bertz CT molecular complexity index is 937. The van der Waals surface area contributed by atoms with Gasteiger partial charge in [-0.2, -0.15) is 10.2 Å².